The lowest BCUT2D eigenvalue weighted by Gasteiger charge is -2.10. The number of nitrogens with zero attached hydrogens (tertiary/aromatic N) is 4. The van der Waals surface area contributed by atoms with E-state index in [9.17, 15) is 9.18 Å². The predicted molar refractivity (Wildman–Crippen MR) is 110 cm³/mol. The maximum atomic E-state index is 13.0. The molecule has 1 N–H and O–H groups in total. The van der Waals surface area contributed by atoms with Gasteiger partial charge in [0.1, 0.15) is 5.82 Å². The Hall–Kier alpha value is -3.52. The van der Waals surface area contributed by atoms with Crippen molar-refractivity contribution in [1.29, 1.82) is 0 Å². The van der Waals surface area contributed by atoms with Crippen molar-refractivity contribution in [1.82, 2.24) is 19.7 Å². The fourth-order valence-corrected chi connectivity index (χ4v) is 3.47. The molecule has 2 heterocycles. The highest BCUT2D eigenvalue weighted by Gasteiger charge is 2.17. The highest BCUT2D eigenvalue weighted by atomic mass is 32.2. The number of para-hydroxylation sites is 1. The highest BCUT2D eigenvalue weighted by molar-refractivity contribution is 7.99. The molecule has 1 amide bonds. The number of anilines is 1. The Kier molecular flexibility index (Phi) is 5.62. The Morgan fingerprint density at radius 3 is 2.41 bits per heavy atom. The summed E-state index contributed by atoms with van der Waals surface area (Å²) in [6, 6.07) is 19.1. The largest absolute Gasteiger partial charge is 0.325 e. The van der Waals surface area contributed by atoms with E-state index >= 15 is 0 Å². The van der Waals surface area contributed by atoms with Crippen LogP contribution in [0.4, 0.5) is 10.1 Å². The number of benzene rings is 2. The van der Waals surface area contributed by atoms with Gasteiger partial charge in [0, 0.05) is 29.3 Å². The SMILES string of the molecule is O=C(CSc1nnc(-c2ccncc2)n1-c1ccccc1)Nc1ccc(F)cc1. The summed E-state index contributed by atoms with van der Waals surface area (Å²) in [4.78, 5) is 16.3. The molecule has 144 valence electrons. The molecule has 0 aliphatic carbocycles. The van der Waals surface area contributed by atoms with E-state index in [-0.39, 0.29) is 17.5 Å². The van der Waals surface area contributed by atoms with E-state index in [0.29, 0.717) is 16.7 Å². The van der Waals surface area contributed by atoms with E-state index in [1.165, 1.54) is 36.0 Å². The fraction of sp³-hybridized carbons (Fsp3) is 0.0476. The Morgan fingerprint density at radius 2 is 1.69 bits per heavy atom. The fourth-order valence-electron chi connectivity index (χ4n) is 2.72. The number of rotatable bonds is 6. The van der Waals surface area contributed by atoms with Crippen molar-refractivity contribution in [3.8, 4) is 17.1 Å². The van der Waals surface area contributed by atoms with Crippen LogP contribution in [0.15, 0.2) is 84.3 Å². The second kappa shape index (κ2) is 8.66. The summed E-state index contributed by atoms with van der Waals surface area (Å²) < 4.78 is 14.9. The lowest BCUT2D eigenvalue weighted by atomic mass is 10.2. The third-order valence-corrected chi connectivity index (χ3v) is 4.98. The summed E-state index contributed by atoms with van der Waals surface area (Å²) in [6.45, 7) is 0. The number of carbonyl (C=O) groups is 1. The molecule has 0 atom stereocenters. The van der Waals surface area contributed by atoms with Gasteiger partial charge in [-0.1, -0.05) is 30.0 Å². The zero-order valence-corrected chi connectivity index (χ0v) is 16.0. The molecular weight excluding hydrogens is 389 g/mol. The normalized spacial score (nSPS) is 10.7. The van der Waals surface area contributed by atoms with E-state index in [4.69, 9.17) is 0 Å². The van der Waals surface area contributed by atoms with Crippen LogP contribution >= 0.6 is 11.8 Å². The van der Waals surface area contributed by atoms with E-state index in [0.717, 1.165) is 11.3 Å². The third-order valence-electron chi connectivity index (χ3n) is 4.05. The molecule has 0 bridgehead atoms. The predicted octanol–water partition coefficient (Wildman–Crippen LogP) is 4.20. The number of pyridine rings is 1. The van der Waals surface area contributed by atoms with E-state index < -0.39 is 0 Å². The van der Waals surface area contributed by atoms with Gasteiger partial charge in [-0.25, -0.2) is 4.39 Å². The maximum absolute atomic E-state index is 13.0. The van der Waals surface area contributed by atoms with Gasteiger partial charge >= 0.3 is 0 Å². The number of nitrogens with one attached hydrogen (secondary N) is 1. The summed E-state index contributed by atoms with van der Waals surface area (Å²) in [5.74, 6) is 0.241. The van der Waals surface area contributed by atoms with Gasteiger partial charge in [-0.05, 0) is 48.5 Å². The number of aromatic nitrogens is 4. The Morgan fingerprint density at radius 1 is 0.966 bits per heavy atom. The topological polar surface area (TPSA) is 72.7 Å². The minimum Gasteiger partial charge on any atom is -0.325 e. The first-order valence-corrected chi connectivity index (χ1v) is 9.79. The van der Waals surface area contributed by atoms with E-state index in [1.54, 1.807) is 12.4 Å². The Bertz CT molecular complexity index is 1100. The number of hydrogen-bond acceptors (Lipinski definition) is 5. The van der Waals surface area contributed by atoms with Crippen molar-refractivity contribution in [2.75, 3.05) is 11.1 Å². The molecule has 8 heteroatoms. The van der Waals surface area contributed by atoms with Gasteiger partial charge in [0.25, 0.3) is 0 Å². The summed E-state index contributed by atoms with van der Waals surface area (Å²) in [5, 5.41) is 12.0. The molecule has 0 saturated carbocycles. The van der Waals surface area contributed by atoms with Crippen LogP contribution in [0.2, 0.25) is 0 Å². The number of halogens is 1. The van der Waals surface area contributed by atoms with Gasteiger partial charge in [-0.15, -0.1) is 10.2 Å². The molecule has 6 nitrogen and oxygen atoms in total. The molecule has 0 unspecified atom stereocenters. The quantitative estimate of drug-likeness (QED) is 0.487. The molecule has 29 heavy (non-hydrogen) atoms. The van der Waals surface area contributed by atoms with Gasteiger partial charge in [0.2, 0.25) is 5.91 Å². The van der Waals surface area contributed by atoms with Gasteiger partial charge in [0.15, 0.2) is 11.0 Å². The van der Waals surface area contributed by atoms with Crippen LogP contribution in [-0.4, -0.2) is 31.4 Å². The molecule has 0 radical (unpaired) electrons. The Balaban J connectivity index is 1.56. The van der Waals surface area contributed by atoms with E-state index in [2.05, 4.69) is 20.5 Å². The van der Waals surface area contributed by atoms with Crippen molar-refractivity contribution in [2.45, 2.75) is 5.16 Å². The monoisotopic (exact) mass is 405 g/mol. The molecule has 2 aromatic carbocycles. The minimum absolute atomic E-state index is 0.138. The zero-order chi connectivity index (χ0) is 20.1. The lowest BCUT2D eigenvalue weighted by Crippen LogP contribution is -2.14. The summed E-state index contributed by atoms with van der Waals surface area (Å²) in [7, 11) is 0. The van der Waals surface area contributed by atoms with Crippen molar-refractivity contribution in [2.24, 2.45) is 0 Å². The maximum Gasteiger partial charge on any atom is 0.234 e. The van der Waals surface area contributed by atoms with E-state index in [1.807, 2.05) is 47.0 Å². The third kappa shape index (κ3) is 4.49. The molecule has 2 aromatic heterocycles. The van der Waals surface area contributed by atoms with Crippen LogP contribution in [0.3, 0.4) is 0 Å². The van der Waals surface area contributed by atoms with Crippen LogP contribution in [0, 0.1) is 5.82 Å². The summed E-state index contributed by atoms with van der Waals surface area (Å²) >= 11 is 1.28. The summed E-state index contributed by atoms with van der Waals surface area (Å²) in [5.41, 5.74) is 2.31. The lowest BCUT2D eigenvalue weighted by molar-refractivity contribution is -0.113. The molecular formula is C21H16FN5OS. The summed E-state index contributed by atoms with van der Waals surface area (Å²) in [6.07, 6.45) is 3.39. The smallest absolute Gasteiger partial charge is 0.234 e. The van der Waals surface area contributed by atoms with Crippen LogP contribution in [0.25, 0.3) is 17.1 Å². The first kappa shape index (κ1) is 18.8. The molecule has 4 aromatic rings. The van der Waals surface area contributed by atoms with Gasteiger partial charge in [-0.2, -0.15) is 0 Å². The second-order valence-corrected chi connectivity index (χ2v) is 7.00. The van der Waals surface area contributed by atoms with Crippen molar-refractivity contribution in [3.05, 3.63) is 84.9 Å². The number of hydrogen-bond donors (Lipinski definition) is 1. The van der Waals surface area contributed by atoms with Gasteiger partial charge < -0.3 is 5.32 Å². The van der Waals surface area contributed by atoms with Crippen molar-refractivity contribution < 1.29 is 9.18 Å². The van der Waals surface area contributed by atoms with Crippen LogP contribution in [-0.2, 0) is 4.79 Å². The second-order valence-electron chi connectivity index (χ2n) is 6.06. The van der Waals surface area contributed by atoms with Crippen molar-refractivity contribution >= 4 is 23.4 Å². The average Bonchev–Trinajstić information content (AvgIpc) is 3.19. The molecule has 0 fully saturated rings. The number of carbonyl (C=O) groups excluding carboxylic acids is 1. The first-order chi connectivity index (χ1) is 14.2. The van der Waals surface area contributed by atoms with Crippen LogP contribution < -0.4 is 5.32 Å². The minimum atomic E-state index is -0.350. The zero-order valence-electron chi connectivity index (χ0n) is 15.2. The number of amides is 1. The molecule has 0 spiro atoms. The molecule has 0 saturated heterocycles. The van der Waals surface area contributed by atoms with Crippen molar-refractivity contribution in [3.63, 3.8) is 0 Å². The van der Waals surface area contributed by atoms with Crippen LogP contribution in [0.1, 0.15) is 0 Å². The first-order valence-electron chi connectivity index (χ1n) is 8.80. The van der Waals surface area contributed by atoms with Crippen LogP contribution in [0.5, 0.6) is 0 Å². The Labute approximate surface area is 170 Å². The molecule has 4 rings (SSSR count). The van der Waals surface area contributed by atoms with Gasteiger partial charge in [0.05, 0.1) is 5.75 Å². The highest BCUT2D eigenvalue weighted by Crippen LogP contribution is 2.27. The van der Waals surface area contributed by atoms with Gasteiger partial charge in [-0.3, -0.25) is 14.3 Å². The molecule has 0 aliphatic rings. The average molecular weight is 405 g/mol. The standard InChI is InChI=1S/C21H16FN5OS/c22-16-6-8-17(9-7-16)24-19(28)14-29-21-26-25-20(15-10-12-23-13-11-15)27(21)18-4-2-1-3-5-18/h1-13H,14H2,(H,24,28). The number of thioether (sulfide) groups is 1. The molecule has 0 aliphatic heterocycles.